The molecule has 0 saturated heterocycles. The number of amides is 2. The highest BCUT2D eigenvalue weighted by molar-refractivity contribution is 5.92. The third-order valence-corrected chi connectivity index (χ3v) is 2.30. The number of benzene rings is 1. The van der Waals surface area contributed by atoms with Gasteiger partial charge in [-0.05, 0) is 18.6 Å². The van der Waals surface area contributed by atoms with E-state index in [4.69, 9.17) is 5.11 Å². The smallest absolute Gasteiger partial charge is 0.326 e. The van der Waals surface area contributed by atoms with Crippen LogP contribution in [0.5, 0.6) is 0 Å². The molecule has 1 rings (SSSR count). The molecule has 2 amide bonds. The maximum Gasteiger partial charge on any atom is 0.326 e. The Morgan fingerprint density at radius 3 is 2.42 bits per heavy atom. The molecular formula is C11H11F3N2O3. The van der Waals surface area contributed by atoms with Gasteiger partial charge in [0.05, 0.1) is 5.69 Å². The van der Waals surface area contributed by atoms with Crippen LogP contribution < -0.4 is 10.6 Å². The summed E-state index contributed by atoms with van der Waals surface area (Å²) in [4.78, 5) is 22.0. The lowest BCUT2D eigenvalue weighted by atomic mass is 10.2. The van der Waals surface area contributed by atoms with Crippen LogP contribution >= 0.6 is 0 Å². The molecule has 0 fully saturated rings. The van der Waals surface area contributed by atoms with Crippen molar-refractivity contribution < 1.29 is 27.9 Å². The van der Waals surface area contributed by atoms with Crippen LogP contribution in [0, 0.1) is 17.5 Å². The number of anilines is 1. The zero-order valence-electron chi connectivity index (χ0n) is 9.84. The lowest BCUT2D eigenvalue weighted by Gasteiger charge is -2.13. The predicted octanol–water partition coefficient (Wildman–Crippen LogP) is 2.09. The van der Waals surface area contributed by atoms with Crippen LogP contribution in [0.15, 0.2) is 12.1 Å². The minimum Gasteiger partial charge on any atom is -0.480 e. The van der Waals surface area contributed by atoms with E-state index >= 15 is 0 Å². The van der Waals surface area contributed by atoms with Crippen molar-refractivity contribution in [2.45, 2.75) is 19.4 Å². The standard InChI is InChI=1S/C11H11F3N2O3/c1-2-6(10(17)18)15-11(19)16-7-4-3-5(12)8(13)9(7)14/h3-4,6H,2H2,1H3,(H,17,18)(H2,15,16,19)/t6-/m1/s1. The number of carbonyl (C=O) groups is 2. The Balaban J connectivity index is 2.78. The molecule has 3 N–H and O–H groups in total. The van der Waals surface area contributed by atoms with Crippen LogP contribution in [0.3, 0.4) is 0 Å². The van der Waals surface area contributed by atoms with Gasteiger partial charge in [-0.2, -0.15) is 0 Å². The Bertz CT molecular complexity index is 508. The fraction of sp³-hybridized carbons (Fsp3) is 0.273. The molecule has 1 aromatic rings. The molecule has 8 heteroatoms. The Kier molecular flexibility index (Phi) is 4.74. The highest BCUT2D eigenvalue weighted by atomic mass is 19.2. The first-order valence-corrected chi connectivity index (χ1v) is 5.30. The van der Waals surface area contributed by atoms with Crippen LogP contribution in [0.25, 0.3) is 0 Å². The van der Waals surface area contributed by atoms with E-state index in [0.717, 1.165) is 6.07 Å². The second-order valence-electron chi connectivity index (χ2n) is 3.62. The molecule has 0 aromatic heterocycles. The summed E-state index contributed by atoms with van der Waals surface area (Å²) in [5, 5.41) is 12.6. The van der Waals surface area contributed by atoms with Crippen molar-refractivity contribution in [1.82, 2.24) is 5.32 Å². The number of aliphatic carboxylic acids is 1. The van der Waals surface area contributed by atoms with Gasteiger partial charge in [-0.1, -0.05) is 6.92 Å². The Morgan fingerprint density at radius 1 is 1.26 bits per heavy atom. The van der Waals surface area contributed by atoms with Gasteiger partial charge in [-0.15, -0.1) is 0 Å². The van der Waals surface area contributed by atoms with Gasteiger partial charge >= 0.3 is 12.0 Å². The monoisotopic (exact) mass is 276 g/mol. The Labute approximate surface area is 106 Å². The molecule has 19 heavy (non-hydrogen) atoms. The summed E-state index contributed by atoms with van der Waals surface area (Å²) in [6, 6.07) is -0.718. The van der Waals surface area contributed by atoms with Crippen molar-refractivity contribution in [3.63, 3.8) is 0 Å². The summed E-state index contributed by atoms with van der Waals surface area (Å²) < 4.78 is 38.8. The molecule has 0 aliphatic heterocycles. The van der Waals surface area contributed by atoms with Crippen LogP contribution in [0.4, 0.5) is 23.7 Å². The highest BCUT2D eigenvalue weighted by Crippen LogP contribution is 2.19. The molecule has 0 heterocycles. The minimum absolute atomic E-state index is 0.114. The third-order valence-electron chi connectivity index (χ3n) is 2.30. The molecule has 0 bridgehead atoms. The third kappa shape index (κ3) is 3.60. The molecule has 0 spiro atoms. The van der Waals surface area contributed by atoms with Crippen molar-refractivity contribution >= 4 is 17.7 Å². The van der Waals surface area contributed by atoms with Gasteiger partial charge in [-0.25, -0.2) is 22.8 Å². The quantitative estimate of drug-likeness (QED) is 0.737. The normalized spacial score (nSPS) is 11.8. The maximum absolute atomic E-state index is 13.2. The number of carbonyl (C=O) groups excluding carboxylic acids is 1. The number of nitrogens with one attached hydrogen (secondary N) is 2. The first kappa shape index (κ1) is 14.8. The molecule has 1 atom stereocenters. The fourth-order valence-corrected chi connectivity index (χ4v) is 1.28. The highest BCUT2D eigenvalue weighted by Gasteiger charge is 2.19. The Morgan fingerprint density at radius 2 is 1.89 bits per heavy atom. The largest absolute Gasteiger partial charge is 0.480 e. The van der Waals surface area contributed by atoms with E-state index in [0.29, 0.717) is 6.07 Å². The summed E-state index contributed by atoms with van der Waals surface area (Å²) >= 11 is 0. The number of carboxylic acid groups (broad SMARTS) is 1. The summed E-state index contributed by atoms with van der Waals surface area (Å²) in [6.45, 7) is 1.53. The molecule has 0 aliphatic carbocycles. The first-order valence-electron chi connectivity index (χ1n) is 5.30. The molecular weight excluding hydrogens is 265 g/mol. The zero-order chi connectivity index (χ0) is 14.6. The van der Waals surface area contributed by atoms with Gasteiger partial charge in [0, 0.05) is 0 Å². The van der Waals surface area contributed by atoms with E-state index in [9.17, 15) is 22.8 Å². The van der Waals surface area contributed by atoms with Gasteiger partial charge in [-0.3, -0.25) is 0 Å². The number of urea groups is 1. The van der Waals surface area contributed by atoms with E-state index in [1.165, 1.54) is 6.92 Å². The van der Waals surface area contributed by atoms with E-state index in [1.807, 2.05) is 10.6 Å². The van der Waals surface area contributed by atoms with Crippen molar-refractivity contribution in [2.24, 2.45) is 0 Å². The van der Waals surface area contributed by atoms with Gasteiger partial charge < -0.3 is 15.7 Å². The zero-order valence-corrected chi connectivity index (χ0v) is 9.84. The summed E-state index contributed by atoms with van der Waals surface area (Å²) in [7, 11) is 0. The van der Waals surface area contributed by atoms with Crippen LogP contribution in [-0.4, -0.2) is 23.1 Å². The predicted molar refractivity (Wildman–Crippen MR) is 60.2 cm³/mol. The molecule has 0 aliphatic rings. The molecule has 0 saturated carbocycles. The van der Waals surface area contributed by atoms with E-state index in [-0.39, 0.29) is 6.42 Å². The average Bonchev–Trinajstić information content (AvgIpc) is 2.36. The van der Waals surface area contributed by atoms with Gasteiger partial charge in [0.25, 0.3) is 0 Å². The summed E-state index contributed by atoms with van der Waals surface area (Å²) in [5.74, 6) is -5.93. The van der Waals surface area contributed by atoms with E-state index in [2.05, 4.69) is 0 Å². The lowest BCUT2D eigenvalue weighted by Crippen LogP contribution is -2.42. The molecule has 104 valence electrons. The number of carboxylic acids is 1. The molecule has 1 aromatic carbocycles. The van der Waals surface area contributed by atoms with Crippen LogP contribution in [0.2, 0.25) is 0 Å². The summed E-state index contributed by atoms with van der Waals surface area (Å²) in [6.07, 6.45) is 0.114. The molecule has 0 radical (unpaired) electrons. The second kappa shape index (κ2) is 6.07. The average molecular weight is 276 g/mol. The summed E-state index contributed by atoms with van der Waals surface area (Å²) in [5.41, 5.74) is -0.586. The number of halogens is 3. The van der Waals surface area contributed by atoms with Crippen LogP contribution in [-0.2, 0) is 4.79 Å². The van der Waals surface area contributed by atoms with Crippen molar-refractivity contribution in [3.05, 3.63) is 29.6 Å². The molecule has 0 unspecified atom stereocenters. The minimum atomic E-state index is -1.72. The van der Waals surface area contributed by atoms with Crippen LogP contribution in [0.1, 0.15) is 13.3 Å². The topological polar surface area (TPSA) is 78.4 Å². The van der Waals surface area contributed by atoms with Crippen molar-refractivity contribution in [1.29, 1.82) is 0 Å². The molecule has 5 nitrogen and oxygen atoms in total. The fourth-order valence-electron chi connectivity index (χ4n) is 1.28. The Hall–Kier alpha value is -2.25. The second-order valence-corrected chi connectivity index (χ2v) is 3.62. The number of hydrogen-bond acceptors (Lipinski definition) is 2. The number of hydrogen-bond donors (Lipinski definition) is 3. The van der Waals surface area contributed by atoms with Crippen molar-refractivity contribution in [2.75, 3.05) is 5.32 Å². The maximum atomic E-state index is 13.2. The van der Waals surface area contributed by atoms with E-state index in [1.54, 1.807) is 0 Å². The number of rotatable bonds is 4. The van der Waals surface area contributed by atoms with E-state index < -0.39 is 41.2 Å². The first-order chi connectivity index (χ1) is 8.86. The van der Waals surface area contributed by atoms with Gasteiger partial charge in [0.15, 0.2) is 17.5 Å². The SMILES string of the molecule is CC[C@@H](NC(=O)Nc1ccc(F)c(F)c1F)C(=O)O. The lowest BCUT2D eigenvalue weighted by molar-refractivity contribution is -0.139. The van der Waals surface area contributed by atoms with Gasteiger partial charge in [0.2, 0.25) is 0 Å². The van der Waals surface area contributed by atoms with Crippen molar-refractivity contribution in [3.8, 4) is 0 Å². The van der Waals surface area contributed by atoms with Gasteiger partial charge in [0.1, 0.15) is 6.04 Å².